The number of epoxide rings is 1. The van der Waals surface area contributed by atoms with Crippen LogP contribution in [0.2, 0.25) is 0 Å². The Kier molecular flexibility index (Phi) is 12.0. The van der Waals surface area contributed by atoms with E-state index in [0.29, 0.717) is 12.7 Å². The Morgan fingerprint density at radius 2 is 1.52 bits per heavy atom. The summed E-state index contributed by atoms with van der Waals surface area (Å²) in [6, 6.07) is 8.43. The predicted molar refractivity (Wildman–Crippen MR) is 116 cm³/mol. The van der Waals surface area contributed by atoms with Crippen LogP contribution in [0.1, 0.15) is 89.5 Å². The number of benzene rings is 1. The van der Waals surface area contributed by atoms with Crippen LogP contribution in [-0.4, -0.2) is 19.3 Å². The molecule has 2 nitrogen and oxygen atoms in total. The molecular formula is C25H40O2. The molecule has 0 bridgehead atoms. The highest BCUT2D eigenvalue weighted by atomic mass is 16.6. The van der Waals surface area contributed by atoms with Gasteiger partial charge in [-0.05, 0) is 43.7 Å². The number of para-hydroxylation sites is 1. The lowest BCUT2D eigenvalue weighted by atomic mass is 10.1. The Morgan fingerprint density at radius 3 is 2.22 bits per heavy atom. The van der Waals surface area contributed by atoms with Gasteiger partial charge in [0.25, 0.3) is 0 Å². The second-order valence-corrected chi connectivity index (χ2v) is 7.85. The quantitative estimate of drug-likeness (QED) is 0.163. The molecule has 1 aromatic rings. The Morgan fingerprint density at radius 1 is 0.889 bits per heavy atom. The summed E-state index contributed by atoms with van der Waals surface area (Å²) >= 11 is 0. The van der Waals surface area contributed by atoms with Crippen LogP contribution in [-0.2, 0) is 11.2 Å². The van der Waals surface area contributed by atoms with E-state index in [9.17, 15) is 0 Å². The van der Waals surface area contributed by atoms with Gasteiger partial charge in [-0.2, -0.15) is 0 Å². The van der Waals surface area contributed by atoms with Crippen molar-refractivity contribution in [2.45, 2.75) is 96.5 Å². The average molecular weight is 373 g/mol. The molecule has 1 aromatic carbocycles. The zero-order chi connectivity index (χ0) is 19.0. The van der Waals surface area contributed by atoms with Gasteiger partial charge >= 0.3 is 0 Å². The van der Waals surface area contributed by atoms with E-state index in [1.54, 1.807) is 0 Å². The minimum absolute atomic E-state index is 0.321. The maximum atomic E-state index is 5.89. The normalized spacial score (nSPS) is 16.1. The molecule has 1 fully saturated rings. The fourth-order valence-corrected chi connectivity index (χ4v) is 3.42. The largest absolute Gasteiger partial charge is 0.491 e. The number of hydrogen-bond acceptors (Lipinski definition) is 2. The van der Waals surface area contributed by atoms with Crippen LogP contribution in [0.15, 0.2) is 36.4 Å². The van der Waals surface area contributed by atoms with E-state index in [0.717, 1.165) is 25.2 Å². The zero-order valence-corrected chi connectivity index (χ0v) is 17.5. The van der Waals surface area contributed by atoms with Crippen molar-refractivity contribution in [1.29, 1.82) is 0 Å². The Bertz CT molecular complexity index is 505. The lowest BCUT2D eigenvalue weighted by molar-refractivity contribution is 0.261. The average Bonchev–Trinajstić information content (AvgIpc) is 3.52. The number of allylic oxidation sites excluding steroid dienone is 2. The standard InChI is InChI=1S/C25H40O2/c1-2-3-4-5-6-7-8-9-10-11-12-13-14-15-18-23-19-16-17-20-25(23)27-22-24-21-26-24/h12-13,16-17,19-20,24H,2-11,14-15,18,21-22H2,1H3/b13-12+. The summed E-state index contributed by atoms with van der Waals surface area (Å²) in [4.78, 5) is 0. The first kappa shape index (κ1) is 22.0. The van der Waals surface area contributed by atoms with Gasteiger partial charge < -0.3 is 9.47 Å². The summed E-state index contributed by atoms with van der Waals surface area (Å²) in [5.74, 6) is 1.03. The maximum Gasteiger partial charge on any atom is 0.122 e. The molecule has 1 atom stereocenters. The van der Waals surface area contributed by atoms with E-state index in [-0.39, 0.29) is 0 Å². The summed E-state index contributed by atoms with van der Waals surface area (Å²) < 4.78 is 11.1. The fourth-order valence-electron chi connectivity index (χ4n) is 3.42. The molecule has 27 heavy (non-hydrogen) atoms. The molecule has 0 N–H and O–H groups in total. The molecule has 0 amide bonds. The Balaban J connectivity index is 1.43. The van der Waals surface area contributed by atoms with E-state index in [2.05, 4.69) is 43.3 Å². The van der Waals surface area contributed by atoms with Crippen LogP contribution in [0.25, 0.3) is 0 Å². The molecule has 0 aromatic heterocycles. The van der Waals surface area contributed by atoms with Crippen LogP contribution in [0.4, 0.5) is 0 Å². The first-order valence-electron chi connectivity index (χ1n) is 11.4. The number of rotatable bonds is 17. The summed E-state index contributed by atoms with van der Waals surface area (Å²) in [5, 5.41) is 0. The fraction of sp³-hybridized carbons (Fsp3) is 0.680. The van der Waals surface area contributed by atoms with Crippen LogP contribution in [0.5, 0.6) is 5.75 Å². The van der Waals surface area contributed by atoms with Crippen molar-refractivity contribution in [3.8, 4) is 5.75 Å². The lowest BCUT2D eigenvalue weighted by Gasteiger charge is -2.10. The maximum absolute atomic E-state index is 5.89. The highest BCUT2D eigenvalue weighted by molar-refractivity contribution is 5.33. The minimum atomic E-state index is 0.321. The predicted octanol–water partition coefficient (Wildman–Crippen LogP) is 7.26. The summed E-state index contributed by atoms with van der Waals surface area (Å²) in [6.45, 7) is 3.83. The van der Waals surface area contributed by atoms with E-state index in [4.69, 9.17) is 9.47 Å². The van der Waals surface area contributed by atoms with Gasteiger partial charge in [0.2, 0.25) is 0 Å². The van der Waals surface area contributed by atoms with Gasteiger partial charge in [0, 0.05) is 0 Å². The van der Waals surface area contributed by atoms with Gasteiger partial charge in [-0.25, -0.2) is 0 Å². The molecule has 0 saturated carbocycles. The van der Waals surface area contributed by atoms with Crippen molar-refractivity contribution in [3.05, 3.63) is 42.0 Å². The van der Waals surface area contributed by atoms with E-state index in [1.165, 1.54) is 76.2 Å². The molecule has 2 rings (SSSR count). The van der Waals surface area contributed by atoms with E-state index >= 15 is 0 Å². The Labute approximate surface area is 167 Å². The van der Waals surface area contributed by atoms with Gasteiger partial charge in [0.1, 0.15) is 18.5 Å². The molecule has 0 aliphatic carbocycles. The highest BCUT2D eigenvalue weighted by Crippen LogP contribution is 2.22. The number of hydrogen-bond donors (Lipinski definition) is 0. The molecule has 1 aliphatic rings. The second-order valence-electron chi connectivity index (χ2n) is 7.85. The second kappa shape index (κ2) is 14.7. The molecule has 0 radical (unpaired) electrons. The zero-order valence-electron chi connectivity index (χ0n) is 17.5. The number of unbranched alkanes of at least 4 members (excludes halogenated alkanes) is 10. The van der Waals surface area contributed by atoms with Crippen molar-refractivity contribution in [2.24, 2.45) is 0 Å². The molecule has 1 heterocycles. The highest BCUT2D eigenvalue weighted by Gasteiger charge is 2.23. The molecule has 1 unspecified atom stereocenters. The number of aryl methyl sites for hydroxylation is 1. The van der Waals surface area contributed by atoms with Crippen LogP contribution >= 0.6 is 0 Å². The van der Waals surface area contributed by atoms with Crippen molar-refractivity contribution >= 4 is 0 Å². The van der Waals surface area contributed by atoms with Crippen molar-refractivity contribution in [1.82, 2.24) is 0 Å². The molecule has 1 saturated heterocycles. The van der Waals surface area contributed by atoms with Gasteiger partial charge in [0.15, 0.2) is 0 Å². The monoisotopic (exact) mass is 372 g/mol. The molecule has 0 spiro atoms. The minimum Gasteiger partial charge on any atom is -0.491 e. The molecule has 152 valence electrons. The van der Waals surface area contributed by atoms with Gasteiger partial charge in [-0.1, -0.05) is 88.6 Å². The number of ether oxygens (including phenoxy) is 2. The SMILES string of the molecule is CCCCCCCCCCC/C=C/CCCc1ccccc1OCC1CO1. The summed E-state index contributed by atoms with van der Waals surface area (Å²) in [5.41, 5.74) is 1.32. The third-order valence-electron chi connectivity index (χ3n) is 5.26. The topological polar surface area (TPSA) is 21.8 Å². The Hall–Kier alpha value is -1.28. The molecule has 2 heteroatoms. The summed E-state index contributed by atoms with van der Waals surface area (Å²) in [7, 11) is 0. The van der Waals surface area contributed by atoms with Gasteiger partial charge in [-0.3, -0.25) is 0 Å². The molecular weight excluding hydrogens is 332 g/mol. The van der Waals surface area contributed by atoms with Crippen molar-refractivity contribution in [3.63, 3.8) is 0 Å². The van der Waals surface area contributed by atoms with Gasteiger partial charge in [0.05, 0.1) is 6.61 Å². The van der Waals surface area contributed by atoms with Crippen molar-refractivity contribution < 1.29 is 9.47 Å². The third-order valence-corrected chi connectivity index (χ3v) is 5.26. The van der Waals surface area contributed by atoms with Crippen LogP contribution in [0, 0.1) is 0 Å². The van der Waals surface area contributed by atoms with Gasteiger partial charge in [-0.15, -0.1) is 0 Å². The van der Waals surface area contributed by atoms with E-state index in [1.807, 2.05) is 0 Å². The van der Waals surface area contributed by atoms with Crippen molar-refractivity contribution in [2.75, 3.05) is 13.2 Å². The third kappa shape index (κ3) is 11.2. The van der Waals surface area contributed by atoms with E-state index < -0.39 is 0 Å². The molecule has 1 aliphatic heterocycles. The first-order valence-corrected chi connectivity index (χ1v) is 11.4. The first-order chi connectivity index (χ1) is 13.4. The smallest absolute Gasteiger partial charge is 0.122 e. The summed E-state index contributed by atoms with van der Waals surface area (Å²) in [6.07, 6.45) is 22.4. The van der Waals surface area contributed by atoms with Crippen LogP contribution in [0.3, 0.4) is 0 Å². The lowest BCUT2D eigenvalue weighted by Crippen LogP contribution is -2.05. The van der Waals surface area contributed by atoms with Crippen LogP contribution < -0.4 is 4.74 Å².